The van der Waals surface area contributed by atoms with E-state index in [-0.39, 0.29) is 11.9 Å². The summed E-state index contributed by atoms with van der Waals surface area (Å²) in [6, 6.07) is 7.88. The SMILES string of the molecule is COc1ccc2cc(C(=O)NC(C)C3CC3)[nH]c2c1. The van der Waals surface area contributed by atoms with Crippen LogP contribution >= 0.6 is 0 Å². The number of carbonyl (C=O) groups is 1. The third-order valence-electron chi connectivity index (χ3n) is 3.76. The minimum Gasteiger partial charge on any atom is -0.497 e. The summed E-state index contributed by atoms with van der Waals surface area (Å²) in [5.41, 5.74) is 1.53. The molecule has 4 nitrogen and oxygen atoms in total. The fraction of sp³-hybridized carbons (Fsp3) is 0.400. The molecule has 1 atom stereocenters. The van der Waals surface area contributed by atoms with E-state index in [1.54, 1.807) is 7.11 Å². The Balaban J connectivity index is 1.81. The third-order valence-corrected chi connectivity index (χ3v) is 3.76. The van der Waals surface area contributed by atoms with E-state index >= 15 is 0 Å². The Morgan fingerprint density at radius 2 is 2.21 bits per heavy atom. The van der Waals surface area contributed by atoms with Crippen LogP contribution in [0.4, 0.5) is 0 Å². The first kappa shape index (κ1) is 12.1. The van der Waals surface area contributed by atoms with Crippen LogP contribution in [0.3, 0.4) is 0 Å². The average molecular weight is 258 g/mol. The standard InChI is InChI=1S/C15H18N2O2/c1-9(10-3-4-10)16-15(18)14-7-11-5-6-12(19-2)8-13(11)17-14/h5-10,17H,3-4H2,1-2H3,(H,16,18). The van der Waals surface area contributed by atoms with Crippen molar-refractivity contribution >= 4 is 16.8 Å². The van der Waals surface area contributed by atoms with Gasteiger partial charge in [0.15, 0.2) is 0 Å². The number of methoxy groups -OCH3 is 1. The van der Waals surface area contributed by atoms with Gasteiger partial charge in [-0.1, -0.05) is 0 Å². The first-order chi connectivity index (χ1) is 9.17. The van der Waals surface area contributed by atoms with E-state index in [4.69, 9.17) is 4.74 Å². The van der Waals surface area contributed by atoms with E-state index in [1.807, 2.05) is 24.3 Å². The predicted molar refractivity (Wildman–Crippen MR) is 74.5 cm³/mol. The van der Waals surface area contributed by atoms with Crippen LogP contribution in [0.1, 0.15) is 30.3 Å². The number of aromatic nitrogens is 1. The van der Waals surface area contributed by atoms with E-state index in [9.17, 15) is 4.79 Å². The van der Waals surface area contributed by atoms with Gasteiger partial charge in [-0.3, -0.25) is 4.79 Å². The Kier molecular flexibility index (Phi) is 2.93. The van der Waals surface area contributed by atoms with E-state index < -0.39 is 0 Å². The number of nitrogens with one attached hydrogen (secondary N) is 2. The predicted octanol–water partition coefficient (Wildman–Crippen LogP) is 2.70. The van der Waals surface area contributed by atoms with Crippen molar-refractivity contribution in [1.82, 2.24) is 10.3 Å². The summed E-state index contributed by atoms with van der Waals surface area (Å²) in [6.07, 6.45) is 2.46. The average Bonchev–Trinajstić information content (AvgIpc) is 3.17. The molecule has 0 saturated heterocycles. The minimum absolute atomic E-state index is 0.0328. The van der Waals surface area contributed by atoms with Crippen LogP contribution in [-0.2, 0) is 0 Å². The van der Waals surface area contributed by atoms with Gasteiger partial charge < -0.3 is 15.0 Å². The van der Waals surface area contributed by atoms with E-state index in [0.29, 0.717) is 11.6 Å². The van der Waals surface area contributed by atoms with Gasteiger partial charge in [0.2, 0.25) is 0 Å². The van der Waals surface area contributed by atoms with Crippen molar-refractivity contribution in [2.75, 3.05) is 7.11 Å². The molecule has 1 saturated carbocycles. The third kappa shape index (κ3) is 2.43. The van der Waals surface area contributed by atoms with E-state index in [2.05, 4.69) is 17.2 Å². The molecule has 0 spiro atoms. The summed E-state index contributed by atoms with van der Waals surface area (Å²) in [5.74, 6) is 1.41. The number of benzene rings is 1. The van der Waals surface area contributed by atoms with Crippen LogP contribution in [-0.4, -0.2) is 24.0 Å². The van der Waals surface area contributed by atoms with Crippen molar-refractivity contribution in [3.63, 3.8) is 0 Å². The molecule has 0 radical (unpaired) electrons. The van der Waals surface area contributed by atoms with Gasteiger partial charge in [0.1, 0.15) is 11.4 Å². The molecule has 0 bridgehead atoms. The molecule has 100 valence electrons. The Bertz CT molecular complexity index is 614. The number of aromatic amines is 1. The highest BCUT2D eigenvalue weighted by Crippen LogP contribution is 2.32. The maximum absolute atomic E-state index is 12.1. The summed E-state index contributed by atoms with van der Waals surface area (Å²) < 4.78 is 5.18. The Labute approximate surface area is 112 Å². The zero-order chi connectivity index (χ0) is 13.4. The molecule has 2 N–H and O–H groups in total. The van der Waals surface area contributed by atoms with Gasteiger partial charge >= 0.3 is 0 Å². The molecule has 1 aromatic carbocycles. The minimum atomic E-state index is -0.0328. The van der Waals surface area contributed by atoms with Gasteiger partial charge in [-0.2, -0.15) is 0 Å². The number of fused-ring (bicyclic) bond motifs is 1. The molecule has 2 aromatic rings. The molecule has 1 amide bonds. The molecule has 4 heteroatoms. The van der Waals surface area contributed by atoms with Gasteiger partial charge in [-0.15, -0.1) is 0 Å². The number of H-pyrrole nitrogens is 1. The van der Waals surface area contributed by atoms with Crippen molar-refractivity contribution in [3.05, 3.63) is 30.0 Å². The summed E-state index contributed by atoms with van der Waals surface area (Å²) in [7, 11) is 1.63. The second kappa shape index (κ2) is 4.61. The highest BCUT2D eigenvalue weighted by molar-refractivity contribution is 5.98. The lowest BCUT2D eigenvalue weighted by Gasteiger charge is -2.11. The molecule has 1 heterocycles. The summed E-state index contributed by atoms with van der Waals surface area (Å²) in [5, 5.41) is 4.06. The number of rotatable bonds is 4. The summed E-state index contributed by atoms with van der Waals surface area (Å²) in [6.45, 7) is 2.07. The van der Waals surface area contributed by atoms with Crippen LogP contribution in [0.25, 0.3) is 10.9 Å². The lowest BCUT2D eigenvalue weighted by Crippen LogP contribution is -2.34. The van der Waals surface area contributed by atoms with Gasteiger partial charge in [0.05, 0.1) is 7.11 Å². The molecule has 0 aliphatic heterocycles. The molecule has 1 fully saturated rings. The molecule has 1 aliphatic rings. The lowest BCUT2D eigenvalue weighted by molar-refractivity contribution is 0.0931. The largest absolute Gasteiger partial charge is 0.497 e. The Hall–Kier alpha value is -1.97. The first-order valence-electron chi connectivity index (χ1n) is 6.65. The van der Waals surface area contributed by atoms with Gasteiger partial charge in [-0.05, 0) is 43.9 Å². The fourth-order valence-electron chi connectivity index (χ4n) is 2.35. The van der Waals surface area contributed by atoms with Crippen LogP contribution in [0.2, 0.25) is 0 Å². The van der Waals surface area contributed by atoms with Crippen molar-refractivity contribution in [3.8, 4) is 5.75 Å². The monoisotopic (exact) mass is 258 g/mol. The highest BCUT2D eigenvalue weighted by Gasteiger charge is 2.29. The molecular formula is C15H18N2O2. The molecular weight excluding hydrogens is 240 g/mol. The fourth-order valence-corrected chi connectivity index (χ4v) is 2.35. The van der Waals surface area contributed by atoms with Gasteiger partial charge in [-0.25, -0.2) is 0 Å². The lowest BCUT2D eigenvalue weighted by atomic mass is 10.2. The summed E-state index contributed by atoms with van der Waals surface area (Å²) in [4.78, 5) is 15.3. The maximum Gasteiger partial charge on any atom is 0.267 e. The quantitative estimate of drug-likeness (QED) is 0.886. The number of hydrogen-bond donors (Lipinski definition) is 2. The zero-order valence-corrected chi connectivity index (χ0v) is 11.2. The van der Waals surface area contributed by atoms with Crippen LogP contribution < -0.4 is 10.1 Å². The molecule has 19 heavy (non-hydrogen) atoms. The molecule has 3 rings (SSSR count). The van der Waals surface area contributed by atoms with Gasteiger partial charge in [0, 0.05) is 23.0 Å². The van der Waals surface area contributed by atoms with E-state index in [1.165, 1.54) is 12.8 Å². The summed E-state index contributed by atoms with van der Waals surface area (Å²) >= 11 is 0. The van der Waals surface area contributed by atoms with Crippen molar-refractivity contribution in [2.45, 2.75) is 25.8 Å². The van der Waals surface area contributed by atoms with Crippen LogP contribution in [0.5, 0.6) is 5.75 Å². The first-order valence-corrected chi connectivity index (χ1v) is 6.65. The number of ether oxygens (including phenoxy) is 1. The van der Waals surface area contributed by atoms with Crippen LogP contribution in [0.15, 0.2) is 24.3 Å². The molecule has 1 unspecified atom stereocenters. The highest BCUT2D eigenvalue weighted by atomic mass is 16.5. The molecule has 1 aliphatic carbocycles. The Morgan fingerprint density at radius 1 is 1.42 bits per heavy atom. The number of amides is 1. The second-order valence-corrected chi connectivity index (χ2v) is 5.24. The zero-order valence-electron chi connectivity index (χ0n) is 11.2. The van der Waals surface area contributed by atoms with E-state index in [0.717, 1.165) is 16.7 Å². The normalized spacial score (nSPS) is 16.3. The molecule has 1 aromatic heterocycles. The number of carbonyl (C=O) groups excluding carboxylic acids is 1. The van der Waals surface area contributed by atoms with Crippen LogP contribution in [0, 0.1) is 5.92 Å². The topological polar surface area (TPSA) is 54.1 Å². The number of hydrogen-bond acceptors (Lipinski definition) is 2. The van der Waals surface area contributed by atoms with Crippen molar-refractivity contribution < 1.29 is 9.53 Å². The van der Waals surface area contributed by atoms with Crippen molar-refractivity contribution in [2.24, 2.45) is 5.92 Å². The smallest absolute Gasteiger partial charge is 0.267 e. The second-order valence-electron chi connectivity index (χ2n) is 5.24. The van der Waals surface area contributed by atoms with Crippen molar-refractivity contribution in [1.29, 1.82) is 0 Å². The maximum atomic E-state index is 12.1. The van der Waals surface area contributed by atoms with Gasteiger partial charge in [0.25, 0.3) is 5.91 Å². The Morgan fingerprint density at radius 3 is 2.89 bits per heavy atom.